The van der Waals surface area contributed by atoms with Crippen molar-refractivity contribution < 1.29 is 19.1 Å². The van der Waals surface area contributed by atoms with Gasteiger partial charge in [-0.2, -0.15) is 0 Å². The molecule has 1 N–H and O–H groups in total. The summed E-state index contributed by atoms with van der Waals surface area (Å²) < 4.78 is 4.82. The number of nitrogens with one attached hydrogen (secondary N) is 1. The van der Waals surface area contributed by atoms with E-state index in [2.05, 4.69) is 5.32 Å². The number of amides is 2. The molecule has 2 rings (SSSR count). The normalized spacial score (nSPS) is 18.2. The molecule has 1 heterocycles. The summed E-state index contributed by atoms with van der Waals surface area (Å²) in [6.45, 7) is 2.30. The molecule has 0 unspecified atom stereocenters. The van der Waals surface area contributed by atoms with Crippen LogP contribution in [0.2, 0.25) is 0 Å². The smallest absolute Gasteiger partial charge is 0.328 e. The summed E-state index contributed by atoms with van der Waals surface area (Å²) in [5, 5.41) is 2.75. The SMILES string of the molecule is C/C=C/C(=O)N1CCC[C@H]1C(=O)N[C@@H](Cc1ccccc1)C(=O)OC. The number of nitrogens with zero attached hydrogens (tertiary/aromatic N) is 1. The minimum absolute atomic E-state index is 0.183. The maximum atomic E-state index is 12.6. The van der Waals surface area contributed by atoms with Gasteiger partial charge in [-0.15, -0.1) is 0 Å². The van der Waals surface area contributed by atoms with E-state index in [0.717, 1.165) is 12.0 Å². The Hall–Kier alpha value is -2.63. The van der Waals surface area contributed by atoms with E-state index in [1.807, 2.05) is 30.3 Å². The molecule has 25 heavy (non-hydrogen) atoms. The summed E-state index contributed by atoms with van der Waals surface area (Å²) in [5.74, 6) is -0.999. The van der Waals surface area contributed by atoms with Crippen LogP contribution in [-0.4, -0.2) is 48.4 Å². The number of rotatable bonds is 6. The first-order valence-corrected chi connectivity index (χ1v) is 8.42. The number of carbonyl (C=O) groups excluding carboxylic acids is 3. The van der Waals surface area contributed by atoms with E-state index in [1.165, 1.54) is 13.2 Å². The van der Waals surface area contributed by atoms with Crippen molar-refractivity contribution in [3.63, 3.8) is 0 Å². The number of allylic oxidation sites excluding steroid dienone is 1. The lowest BCUT2D eigenvalue weighted by Crippen LogP contribution is -2.51. The quantitative estimate of drug-likeness (QED) is 0.626. The number of carbonyl (C=O) groups is 3. The summed E-state index contributed by atoms with van der Waals surface area (Å²) in [5.41, 5.74) is 0.923. The summed E-state index contributed by atoms with van der Waals surface area (Å²) in [6.07, 6.45) is 4.81. The van der Waals surface area contributed by atoms with Gasteiger partial charge in [-0.05, 0) is 31.4 Å². The van der Waals surface area contributed by atoms with E-state index in [9.17, 15) is 14.4 Å². The second-order valence-electron chi connectivity index (χ2n) is 5.96. The van der Waals surface area contributed by atoms with Crippen molar-refractivity contribution in [1.29, 1.82) is 0 Å². The predicted molar refractivity (Wildman–Crippen MR) is 93.6 cm³/mol. The van der Waals surface area contributed by atoms with Crippen LogP contribution in [0, 0.1) is 0 Å². The fourth-order valence-corrected chi connectivity index (χ4v) is 2.99. The third-order valence-corrected chi connectivity index (χ3v) is 4.23. The molecule has 0 saturated carbocycles. The third kappa shape index (κ3) is 4.92. The molecule has 6 nitrogen and oxygen atoms in total. The van der Waals surface area contributed by atoms with E-state index >= 15 is 0 Å². The Balaban J connectivity index is 2.08. The minimum atomic E-state index is -0.779. The number of hydrogen-bond acceptors (Lipinski definition) is 4. The topological polar surface area (TPSA) is 75.7 Å². The number of esters is 1. The fraction of sp³-hybridized carbons (Fsp3) is 0.421. The van der Waals surface area contributed by atoms with Gasteiger partial charge in [-0.25, -0.2) is 4.79 Å². The highest BCUT2D eigenvalue weighted by molar-refractivity contribution is 5.94. The van der Waals surface area contributed by atoms with E-state index in [4.69, 9.17) is 4.74 Å². The monoisotopic (exact) mass is 344 g/mol. The minimum Gasteiger partial charge on any atom is -0.467 e. The highest BCUT2D eigenvalue weighted by Crippen LogP contribution is 2.18. The van der Waals surface area contributed by atoms with Crippen LogP contribution < -0.4 is 5.32 Å². The van der Waals surface area contributed by atoms with Crippen LogP contribution in [0.25, 0.3) is 0 Å². The first-order chi connectivity index (χ1) is 12.1. The fourth-order valence-electron chi connectivity index (χ4n) is 2.99. The molecule has 1 aromatic rings. The van der Waals surface area contributed by atoms with E-state index in [1.54, 1.807) is 17.9 Å². The molecule has 2 amide bonds. The van der Waals surface area contributed by atoms with Crippen LogP contribution in [0.15, 0.2) is 42.5 Å². The zero-order valence-corrected chi connectivity index (χ0v) is 14.6. The summed E-state index contributed by atoms with van der Waals surface area (Å²) in [7, 11) is 1.30. The Bertz CT molecular complexity index is 642. The molecule has 6 heteroatoms. The molecular formula is C19H24N2O4. The van der Waals surface area contributed by atoms with Crippen molar-refractivity contribution in [2.75, 3.05) is 13.7 Å². The second kappa shape index (κ2) is 9.01. The highest BCUT2D eigenvalue weighted by atomic mass is 16.5. The van der Waals surface area contributed by atoms with Gasteiger partial charge < -0.3 is 15.0 Å². The standard InChI is InChI=1S/C19H24N2O4/c1-3-8-17(22)21-12-7-11-16(21)18(23)20-15(19(24)25-2)13-14-9-5-4-6-10-14/h3-6,8-10,15-16H,7,11-13H2,1-2H3,(H,20,23)/b8-3+/t15-,16-/m0/s1. The first-order valence-electron chi connectivity index (χ1n) is 8.42. The van der Waals surface area contributed by atoms with Crippen LogP contribution in [0.1, 0.15) is 25.3 Å². The van der Waals surface area contributed by atoms with Crippen LogP contribution in [-0.2, 0) is 25.5 Å². The van der Waals surface area contributed by atoms with Crippen molar-refractivity contribution in [1.82, 2.24) is 10.2 Å². The van der Waals surface area contributed by atoms with Crippen LogP contribution in [0.3, 0.4) is 0 Å². The van der Waals surface area contributed by atoms with E-state index in [0.29, 0.717) is 19.4 Å². The van der Waals surface area contributed by atoms with Crippen molar-refractivity contribution in [3.8, 4) is 0 Å². The summed E-state index contributed by atoms with van der Waals surface area (Å²) >= 11 is 0. The largest absolute Gasteiger partial charge is 0.467 e. The molecule has 134 valence electrons. The molecule has 1 aliphatic heterocycles. The Kier molecular flexibility index (Phi) is 6.74. The molecule has 0 aliphatic carbocycles. The number of ether oxygens (including phenoxy) is 1. The van der Waals surface area contributed by atoms with Gasteiger partial charge in [0.05, 0.1) is 7.11 Å². The van der Waals surface area contributed by atoms with Crippen LogP contribution in [0.4, 0.5) is 0 Å². The summed E-state index contributed by atoms with van der Waals surface area (Å²) in [6, 6.07) is 8.09. The zero-order chi connectivity index (χ0) is 18.2. The number of methoxy groups -OCH3 is 1. The molecule has 0 aromatic heterocycles. The van der Waals surface area contributed by atoms with Crippen molar-refractivity contribution in [2.45, 2.75) is 38.3 Å². The van der Waals surface area contributed by atoms with E-state index in [-0.39, 0.29) is 11.8 Å². The van der Waals surface area contributed by atoms with Gasteiger partial charge in [-0.3, -0.25) is 9.59 Å². The van der Waals surface area contributed by atoms with Gasteiger partial charge in [0.2, 0.25) is 11.8 Å². The molecule has 0 radical (unpaired) electrons. The van der Waals surface area contributed by atoms with Gasteiger partial charge in [0, 0.05) is 13.0 Å². The van der Waals surface area contributed by atoms with Crippen molar-refractivity contribution >= 4 is 17.8 Å². The van der Waals surface area contributed by atoms with E-state index < -0.39 is 18.1 Å². The van der Waals surface area contributed by atoms with Gasteiger partial charge in [-0.1, -0.05) is 36.4 Å². The van der Waals surface area contributed by atoms with Gasteiger partial charge in [0.1, 0.15) is 12.1 Å². The number of hydrogen-bond donors (Lipinski definition) is 1. The van der Waals surface area contributed by atoms with Crippen molar-refractivity contribution in [2.24, 2.45) is 0 Å². The lowest BCUT2D eigenvalue weighted by atomic mass is 10.1. The molecular weight excluding hydrogens is 320 g/mol. The molecule has 1 aromatic carbocycles. The molecule has 1 fully saturated rings. The number of benzene rings is 1. The lowest BCUT2D eigenvalue weighted by molar-refractivity contribution is -0.146. The Morgan fingerprint density at radius 1 is 1.32 bits per heavy atom. The average molecular weight is 344 g/mol. The first kappa shape index (κ1) is 18.7. The highest BCUT2D eigenvalue weighted by Gasteiger charge is 2.35. The molecule has 1 saturated heterocycles. The van der Waals surface area contributed by atoms with Gasteiger partial charge >= 0.3 is 5.97 Å². The van der Waals surface area contributed by atoms with Crippen LogP contribution in [0.5, 0.6) is 0 Å². The maximum Gasteiger partial charge on any atom is 0.328 e. The Morgan fingerprint density at radius 3 is 2.68 bits per heavy atom. The van der Waals surface area contributed by atoms with Crippen LogP contribution >= 0.6 is 0 Å². The average Bonchev–Trinajstić information content (AvgIpc) is 3.11. The summed E-state index contributed by atoms with van der Waals surface area (Å²) in [4.78, 5) is 38.3. The maximum absolute atomic E-state index is 12.6. The van der Waals surface area contributed by atoms with Gasteiger partial charge in [0.25, 0.3) is 0 Å². The second-order valence-corrected chi connectivity index (χ2v) is 5.96. The Labute approximate surface area is 147 Å². The zero-order valence-electron chi connectivity index (χ0n) is 14.6. The molecule has 2 atom stereocenters. The molecule has 1 aliphatic rings. The lowest BCUT2D eigenvalue weighted by Gasteiger charge is -2.25. The molecule has 0 bridgehead atoms. The van der Waals surface area contributed by atoms with Crippen molar-refractivity contribution in [3.05, 3.63) is 48.0 Å². The third-order valence-electron chi connectivity index (χ3n) is 4.23. The van der Waals surface area contributed by atoms with Gasteiger partial charge in [0.15, 0.2) is 0 Å². The number of likely N-dealkylation sites (tertiary alicyclic amines) is 1. The predicted octanol–water partition coefficient (Wildman–Crippen LogP) is 1.45. The Morgan fingerprint density at radius 2 is 2.04 bits per heavy atom. The molecule has 0 spiro atoms.